The Morgan fingerprint density at radius 3 is 2.96 bits per heavy atom. The SMILES string of the molecule is O=C(CSc1nccn1C1CCCCC1)Nc1ccc2c(c1)OCO2. The summed E-state index contributed by atoms with van der Waals surface area (Å²) in [7, 11) is 0. The van der Waals surface area contributed by atoms with Crippen molar-refractivity contribution >= 4 is 23.4 Å². The highest BCUT2D eigenvalue weighted by molar-refractivity contribution is 7.99. The Kier molecular flexibility index (Phi) is 4.83. The molecule has 0 radical (unpaired) electrons. The summed E-state index contributed by atoms with van der Waals surface area (Å²) in [6.45, 7) is 0.229. The first-order valence-electron chi connectivity index (χ1n) is 8.65. The first-order valence-corrected chi connectivity index (χ1v) is 9.63. The van der Waals surface area contributed by atoms with Crippen LogP contribution in [0.5, 0.6) is 11.5 Å². The van der Waals surface area contributed by atoms with Crippen molar-refractivity contribution in [2.24, 2.45) is 0 Å². The molecule has 0 bridgehead atoms. The van der Waals surface area contributed by atoms with Crippen LogP contribution < -0.4 is 14.8 Å². The lowest BCUT2D eigenvalue weighted by molar-refractivity contribution is -0.113. The predicted octanol–water partition coefficient (Wildman–Crippen LogP) is 3.85. The van der Waals surface area contributed by atoms with Crippen molar-refractivity contribution in [1.82, 2.24) is 9.55 Å². The highest BCUT2D eigenvalue weighted by atomic mass is 32.2. The number of thioether (sulfide) groups is 1. The molecule has 2 aromatic rings. The molecule has 1 fully saturated rings. The number of fused-ring (bicyclic) bond motifs is 1. The topological polar surface area (TPSA) is 65.4 Å². The van der Waals surface area contributed by atoms with Crippen molar-refractivity contribution in [3.8, 4) is 11.5 Å². The lowest BCUT2D eigenvalue weighted by Crippen LogP contribution is -2.16. The second-order valence-corrected chi connectivity index (χ2v) is 7.26. The molecular weight excluding hydrogens is 338 g/mol. The molecule has 0 saturated heterocycles. The third kappa shape index (κ3) is 3.76. The zero-order valence-corrected chi connectivity index (χ0v) is 14.8. The van der Waals surface area contributed by atoms with Gasteiger partial charge in [0, 0.05) is 30.2 Å². The Bertz CT molecular complexity index is 756. The average molecular weight is 359 g/mol. The molecule has 132 valence electrons. The Balaban J connectivity index is 1.34. The molecule has 1 aliphatic carbocycles. The molecule has 1 aromatic carbocycles. The van der Waals surface area contributed by atoms with E-state index in [1.54, 1.807) is 12.1 Å². The van der Waals surface area contributed by atoms with Crippen molar-refractivity contribution in [2.45, 2.75) is 43.3 Å². The van der Waals surface area contributed by atoms with Crippen molar-refractivity contribution in [2.75, 3.05) is 17.9 Å². The zero-order chi connectivity index (χ0) is 17.1. The number of aromatic nitrogens is 2. The van der Waals surface area contributed by atoms with E-state index < -0.39 is 0 Å². The Morgan fingerprint density at radius 1 is 1.24 bits per heavy atom. The standard InChI is InChI=1S/C18H21N3O3S/c22-17(20-13-6-7-15-16(10-13)24-12-23-15)11-25-18-19-8-9-21(18)14-4-2-1-3-5-14/h6-10,14H,1-5,11-12H2,(H,20,22). The van der Waals surface area contributed by atoms with Gasteiger partial charge in [-0.2, -0.15) is 0 Å². The molecule has 1 aromatic heterocycles. The van der Waals surface area contributed by atoms with Gasteiger partial charge in [0.05, 0.1) is 5.75 Å². The summed E-state index contributed by atoms with van der Waals surface area (Å²) in [5.41, 5.74) is 0.713. The lowest BCUT2D eigenvalue weighted by atomic mass is 9.95. The van der Waals surface area contributed by atoms with Gasteiger partial charge < -0.3 is 19.4 Å². The van der Waals surface area contributed by atoms with Crippen LogP contribution in [0.25, 0.3) is 0 Å². The Labute approximate surface area is 150 Å². The molecule has 1 amide bonds. The van der Waals surface area contributed by atoms with Gasteiger partial charge in [0.15, 0.2) is 16.7 Å². The predicted molar refractivity (Wildman–Crippen MR) is 96.3 cm³/mol. The van der Waals surface area contributed by atoms with Gasteiger partial charge in [0.25, 0.3) is 0 Å². The minimum Gasteiger partial charge on any atom is -0.454 e. The largest absolute Gasteiger partial charge is 0.454 e. The molecule has 1 saturated carbocycles. The number of rotatable bonds is 5. The van der Waals surface area contributed by atoms with Crippen LogP contribution in [-0.4, -0.2) is 28.0 Å². The number of nitrogens with zero attached hydrogens (tertiary/aromatic N) is 2. The molecule has 1 N–H and O–H groups in total. The van der Waals surface area contributed by atoms with Crippen molar-refractivity contribution in [3.05, 3.63) is 30.6 Å². The summed E-state index contributed by atoms with van der Waals surface area (Å²) in [6.07, 6.45) is 10.1. The summed E-state index contributed by atoms with van der Waals surface area (Å²) < 4.78 is 12.8. The fourth-order valence-corrected chi connectivity index (χ4v) is 4.18. The van der Waals surface area contributed by atoms with Crippen LogP contribution in [0.1, 0.15) is 38.1 Å². The molecule has 0 spiro atoms. The van der Waals surface area contributed by atoms with Gasteiger partial charge in [0.1, 0.15) is 0 Å². The van der Waals surface area contributed by atoms with Crippen molar-refractivity contribution in [3.63, 3.8) is 0 Å². The van der Waals surface area contributed by atoms with Crippen LogP contribution in [0.4, 0.5) is 5.69 Å². The number of carbonyl (C=O) groups is 1. The van der Waals surface area contributed by atoms with E-state index in [1.165, 1.54) is 43.9 Å². The number of amides is 1. The average Bonchev–Trinajstić information content (AvgIpc) is 3.29. The first-order chi connectivity index (χ1) is 12.3. The molecule has 4 rings (SSSR count). The highest BCUT2D eigenvalue weighted by Gasteiger charge is 2.19. The lowest BCUT2D eigenvalue weighted by Gasteiger charge is -2.24. The normalized spacial score (nSPS) is 16.8. The van der Waals surface area contributed by atoms with E-state index in [1.807, 2.05) is 18.5 Å². The van der Waals surface area contributed by atoms with Gasteiger partial charge in [-0.25, -0.2) is 4.98 Å². The number of nitrogens with one attached hydrogen (secondary N) is 1. The molecule has 7 heteroatoms. The summed E-state index contributed by atoms with van der Waals surface area (Å²) in [5, 5.41) is 3.82. The van der Waals surface area contributed by atoms with Gasteiger partial charge in [-0.05, 0) is 25.0 Å². The minimum atomic E-state index is -0.0536. The summed E-state index contributed by atoms with van der Waals surface area (Å²) >= 11 is 1.48. The Hall–Kier alpha value is -2.15. The van der Waals surface area contributed by atoms with Crippen molar-refractivity contribution < 1.29 is 14.3 Å². The quantitative estimate of drug-likeness (QED) is 0.822. The molecule has 2 aliphatic rings. The van der Waals surface area contributed by atoms with Gasteiger partial charge >= 0.3 is 0 Å². The maximum atomic E-state index is 12.3. The van der Waals surface area contributed by atoms with Gasteiger partial charge in [-0.1, -0.05) is 31.0 Å². The van der Waals surface area contributed by atoms with Gasteiger partial charge in [0.2, 0.25) is 12.7 Å². The van der Waals surface area contributed by atoms with E-state index in [-0.39, 0.29) is 12.7 Å². The van der Waals surface area contributed by atoms with Crippen LogP contribution in [0.2, 0.25) is 0 Å². The Morgan fingerprint density at radius 2 is 2.08 bits per heavy atom. The van der Waals surface area contributed by atoms with Gasteiger partial charge in [-0.15, -0.1) is 0 Å². The number of ether oxygens (including phenoxy) is 2. The van der Waals surface area contributed by atoms with E-state index in [0.29, 0.717) is 29.0 Å². The van der Waals surface area contributed by atoms with Crippen molar-refractivity contribution in [1.29, 1.82) is 0 Å². The third-order valence-corrected chi connectivity index (χ3v) is 5.57. The van der Waals surface area contributed by atoms with E-state index >= 15 is 0 Å². The second-order valence-electron chi connectivity index (χ2n) is 6.31. The van der Waals surface area contributed by atoms with E-state index in [4.69, 9.17) is 9.47 Å². The summed E-state index contributed by atoms with van der Waals surface area (Å²) in [4.78, 5) is 16.7. The fraction of sp³-hybridized carbons (Fsp3) is 0.444. The van der Waals surface area contributed by atoms with Crippen LogP contribution in [0.15, 0.2) is 35.7 Å². The molecule has 6 nitrogen and oxygen atoms in total. The molecule has 0 unspecified atom stereocenters. The molecule has 0 atom stereocenters. The van der Waals surface area contributed by atoms with E-state index in [2.05, 4.69) is 14.9 Å². The number of carbonyl (C=O) groups excluding carboxylic acids is 1. The summed E-state index contributed by atoms with van der Waals surface area (Å²) in [5.74, 6) is 1.65. The van der Waals surface area contributed by atoms with Crippen LogP contribution in [-0.2, 0) is 4.79 Å². The molecule has 1 aliphatic heterocycles. The molecule has 25 heavy (non-hydrogen) atoms. The van der Waals surface area contributed by atoms with Crippen LogP contribution in [0.3, 0.4) is 0 Å². The maximum Gasteiger partial charge on any atom is 0.234 e. The molecule has 2 heterocycles. The molecular formula is C18H21N3O3S. The number of imidazole rings is 1. The van der Waals surface area contributed by atoms with Gasteiger partial charge in [-0.3, -0.25) is 4.79 Å². The zero-order valence-electron chi connectivity index (χ0n) is 13.9. The van der Waals surface area contributed by atoms with Crippen LogP contribution >= 0.6 is 11.8 Å². The van der Waals surface area contributed by atoms with E-state index in [0.717, 1.165) is 5.16 Å². The van der Waals surface area contributed by atoms with Crippen LogP contribution in [0, 0.1) is 0 Å². The smallest absolute Gasteiger partial charge is 0.234 e. The first kappa shape index (κ1) is 16.3. The fourth-order valence-electron chi connectivity index (χ4n) is 3.35. The number of hydrogen-bond acceptors (Lipinski definition) is 5. The maximum absolute atomic E-state index is 12.3. The minimum absolute atomic E-state index is 0.0536. The number of benzene rings is 1. The van der Waals surface area contributed by atoms with E-state index in [9.17, 15) is 4.79 Å². The monoisotopic (exact) mass is 359 g/mol. The summed E-state index contributed by atoms with van der Waals surface area (Å²) in [6, 6.07) is 5.93. The third-order valence-electron chi connectivity index (χ3n) is 4.59. The number of anilines is 1. The second kappa shape index (κ2) is 7.39. The highest BCUT2D eigenvalue weighted by Crippen LogP contribution is 2.34. The number of hydrogen-bond donors (Lipinski definition) is 1.